The van der Waals surface area contributed by atoms with Crippen molar-refractivity contribution in [1.29, 1.82) is 0 Å². The van der Waals surface area contributed by atoms with Crippen molar-refractivity contribution in [1.82, 2.24) is 4.90 Å². The third-order valence-corrected chi connectivity index (χ3v) is 1.58. The van der Waals surface area contributed by atoms with Gasteiger partial charge in [0.1, 0.15) is 0 Å². The van der Waals surface area contributed by atoms with Crippen LogP contribution in [0.3, 0.4) is 0 Å². The highest BCUT2D eigenvalue weighted by atomic mass is 15.1. The average molecular weight is 116 g/mol. The smallest absolute Gasteiger partial charge is 0.0210 e. The second-order valence-electron chi connectivity index (χ2n) is 2.56. The predicted octanol–water partition coefficient (Wildman–Crippen LogP) is 0.284. The summed E-state index contributed by atoms with van der Waals surface area (Å²) in [6, 6.07) is 0.750. The van der Waals surface area contributed by atoms with Crippen LogP contribution < -0.4 is 5.73 Å². The molecule has 0 amide bonds. The maximum absolute atomic E-state index is 5.60. The van der Waals surface area contributed by atoms with Crippen LogP contribution in [0.1, 0.15) is 13.8 Å². The van der Waals surface area contributed by atoms with E-state index < -0.39 is 0 Å². The average Bonchev–Trinajstić information content (AvgIpc) is 1.64. The highest BCUT2D eigenvalue weighted by Crippen LogP contribution is 1.93. The van der Waals surface area contributed by atoms with Crippen LogP contribution in [0.4, 0.5) is 0 Å². The maximum atomic E-state index is 5.60. The molecule has 0 aliphatic rings. The van der Waals surface area contributed by atoms with Crippen LogP contribution >= 0.6 is 0 Å². The minimum absolute atomic E-state index is 0.269. The molecular weight excluding hydrogens is 100 g/mol. The Morgan fingerprint density at radius 2 is 1.62 bits per heavy atom. The van der Waals surface area contributed by atoms with E-state index in [1.54, 1.807) is 0 Å². The summed E-state index contributed by atoms with van der Waals surface area (Å²) in [5.74, 6) is 0. The van der Waals surface area contributed by atoms with E-state index in [1.165, 1.54) is 0 Å². The molecule has 0 aromatic rings. The van der Waals surface area contributed by atoms with Gasteiger partial charge < -0.3 is 10.6 Å². The lowest BCUT2D eigenvalue weighted by Gasteiger charge is -2.22. The fraction of sp³-hybridized carbons (Fsp3) is 1.00. The molecule has 0 heterocycles. The molecule has 0 saturated heterocycles. The maximum Gasteiger partial charge on any atom is 0.0210 e. The third-order valence-electron chi connectivity index (χ3n) is 1.58. The largest absolute Gasteiger partial charge is 0.327 e. The molecule has 0 saturated carbocycles. The lowest BCUT2D eigenvalue weighted by Crippen LogP contribution is -2.39. The van der Waals surface area contributed by atoms with Crippen molar-refractivity contribution in [3.05, 3.63) is 0 Å². The first kappa shape index (κ1) is 7.92. The van der Waals surface area contributed by atoms with Crippen LogP contribution in [0.2, 0.25) is 0 Å². The van der Waals surface area contributed by atoms with Gasteiger partial charge in [0.05, 0.1) is 0 Å². The first-order valence-electron chi connectivity index (χ1n) is 2.97. The van der Waals surface area contributed by atoms with Gasteiger partial charge in [0.2, 0.25) is 0 Å². The molecule has 0 radical (unpaired) electrons. The van der Waals surface area contributed by atoms with E-state index in [0.29, 0.717) is 6.04 Å². The Morgan fingerprint density at radius 1 is 1.25 bits per heavy atom. The minimum atomic E-state index is 0.269. The first-order valence-corrected chi connectivity index (χ1v) is 2.97. The van der Waals surface area contributed by atoms with Crippen LogP contribution in [0, 0.1) is 0 Å². The van der Waals surface area contributed by atoms with Crippen LogP contribution in [-0.2, 0) is 0 Å². The number of hydrogen-bond acceptors (Lipinski definition) is 2. The van der Waals surface area contributed by atoms with Crippen molar-refractivity contribution < 1.29 is 0 Å². The molecule has 50 valence electrons. The summed E-state index contributed by atoms with van der Waals surface area (Å²) in [6.45, 7) is 4.13. The molecule has 0 aliphatic carbocycles. The van der Waals surface area contributed by atoms with E-state index >= 15 is 0 Å². The molecule has 0 aromatic heterocycles. The number of likely N-dealkylation sites (N-methyl/N-ethyl adjacent to an activating group) is 1. The van der Waals surface area contributed by atoms with Gasteiger partial charge in [-0.2, -0.15) is 0 Å². The van der Waals surface area contributed by atoms with E-state index in [9.17, 15) is 0 Å². The van der Waals surface area contributed by atoms with Crippen LogP contribution in [0.15, 0.2) is 0 Å². The molecule has 0 spiro atoms. The molecule has 2 unspecified atom stereocenters. The Morgan fingerprint density at radius 3 is 1.62 bits per heavy atom. The molecule has 2 heteroatoms. The van der Waals surface area contributed by atoms with E-state index in [4.69, 9.17) is 5.73 Å². The van der Waals surface area contributed by atoms with E-state index in [2.05, 4.69) is 11.8 Å². The Balaban J connectivity index is 3.46. The van der Waals surface area contributed by atoms with Gasteiger partial charge in [-0.25, -0.2) is 0 Å². The Hall–Kier alpha value is -0.0800. The van der Waals surface area contributed by atoms with Gasteiger partial charge in [-0.15, -0.1) is 0 Å². The monoisotopic (exact) mass is 116 g/mol. The molecular formula is C6H16N2. The van der Waals surface area contributed by atoms with Crippen LogP contribution in [0.25, 0.3) is 0 Å². The number of nitrogens with zero attached hydrogens (tertiary/aromatic N) is 1. The number of nitrogens with two attached hydrogens (primary N) is 1. The zero-order chi connectivity index (χ0) is 6.73. The Kier molecular flexibility index (Phi) is 3.02. The molecule has 0 bridgehead atoms. The summed E-state index contributed by atoms with van der Waals surface area (Å²) in [6.07, 6.45) is 0. The Labute approximate surface area is 51.7 Å². The molecule has 0 aromatic carbocycles. The van der Waals surface area contributed by atoms with Crippen molar-refractivity contribution in [2.24, 2.45) is 5.73 Å². The second kappa shape index (κ2) is 3.05. The van der Waals surface area contributed by atoms with Gasteiger partial charge >= 0.3 is 0 Å². The Bertz CT molecular complexity index is 51.5. The third kappa shape index (κ3) is 2.28. The lowest BCUT2D eigenvalue weighted by molar-refractivity contribution is 0.281. The first-order chi connectivity index (χ1) is 3.55. The number of rotatable bonds is 2. The molecule has 0 rings (SSSR count). The SMILES string of the molecule is CC(N)C(C)N(C)C. The summed E-state index contributed by atoms with van der Waals surface area (Å²) in [7, 11) is 4.07. The van der Waals surface area contributed by atoms with E-state index in [0.717, 1.165) is 0 Å². The topological polar surface area (TPSA) is 29.3 Å². The number of hydrogen-bond donors (Lipinski definition) is 1. The van der Waals surface area contributed by atoms with Crippen molar-refractivity contribution in [3.8, 4) is 0 Å². The van der Waals surface area contributed by atoms with Gasteiger partial charge in [0.15, 0.2) is 0 Å². The van der Waals surface area contributed by atoms with Crippen LogP contribution in [0.5, 0.6) is 0 Å². The molecule has 0 fully saturated rings. The van der Waals surface area contributed by atoms with Crippen molar-refractivity contribution in [3.63, 3.8) is 0 Å². The fourth-order valence-corrected chi connectivity index (χ4v) is 0.470. The molecule has 2 nitrogen and oxygen atoms in total. The summed E-state index contributed by atoms with van der Waals surface area (Å²) < 4.78 is 0. The van der Waals surface area contributed by atoms with Crippen molar-refractivity contribution in [2.45, 2.75) is 25.9 Å². The van der Waals surface area contributed by atoms with Gasteiger partial charge in [-0.05, 0) is 27.9 Å². The van der Waals surface area contributed by atoms with E-state index in [1.807, 2.05) is 21.0 Å². The predicted molar refractivity (Wildman–Crippen MR) is 36.8 cm³/mol. The molecule has 2 atom stereocenters. The second-order valence-corrected chi connectivity index (χ2v) is 2.56. The van der Waals surface area contributed by atoms with E-state index in [-0.39, 0.29) is 6.04 Å². The zero-order valence-electron chi connectivity index (χ0n) is 6.18. The van der Waals surface area contributed by atoms with Gasteiger partial charge in [-0.3, -0.25) is 0 Å². The zero-order valence-corrected chi connectivity index (χ0v) is 6.18. The minimum Gasteiger partial charge on any atom is -0.327 e. The summed E-state index contributed by atoms with van der Waals surface area (Å²) in [5, 5.41) is 0. The highest BCUT2D eigenvalue weighted by molar-refractivity contribution is 4.68. The lowest BCUT2D eigenvalue weighted by atomic mass is 10.2. The van der Waals surface area contributed by atoms with Crippen LogP contribution in [-0.4, -0.2) is 31.1 Å². The molecule has 8 heavy (non-hydrogen) atoms. The molecule has 0 aliphatic heterocycles. The summed E-state index contributed by atoms with van der Waals surface area (Å²) >= 11 is 0. The normalized spacial score (nSPS) is 18.8. The van der Waals surface area contributed by atoms with Crippen molar-refractivity contribution in [2.75, 3.05) is 14.1 Å². The van der Waals surface area contributed by atoms with Crippen molar-refractivity contribution >= 4 is 0 Å². The summed E-state index contributed by atoms with van der Waals surface area (Å²) in [4.78, 5) is 2.12. The fourth-order valence-electron chi connectivity index (χ4n) is 0.470. The van der Waals surface area contributed by atoms with Gasteiger partial charge in [0, 0.05) is 12.1 Å². The highest BCUT2D eigenvalue weighted by Gasteiger charge is 2.07. The quantitative estimate of drug-likeness (QED) is 0.561. The molecule has 2 N–H and O–H groups in total. The standard InChI is InChI=1S/C6H16N2/c1-5(7)6(2)8(3)4/h5-6H,7H2,1-4H3. The van der Waals surface area contributed by atoms with Gasteiger partial charge in [0.25, 0.3) is 0 Å². The van der Waals surface area contributed by atoms with Gasteiger partial charge in [-0.1, -0.05) is 0 Å². The summed E-state index contributed by atoms with van der Waals surface area (Å²) in [5.41, 5.74) is 5.60.